The van der Waals surface area contributed by atoms with Crippen LogP contribution in [0.1, 0.15) is 30.7 Å². The zero-order chi connectivity index (χ0) is 13.1. The van der Waals surface area contributed by atoms with Crippen molar-refractivity contribution in [2.24, 2.45) is 5.92 Å². The van der Waals surface area contributed by atoms with E-state index in [0.29, 0.717) is 5.56 Å². The predicted octanol–water partition coefficient (Wildman–Crippen LogP) is 4.17. The summed E-state index contributed by atoms with van der Waals surface area (Å²) < 4.78 is 19.3. The van der Waals surface area contributed by atoms with E-state index in [0.717, 1.165) is 22.1 Å². The van der Waals surface area contributed by atoms with Crippen LogP contribution in [0, 0.1) is 11.7 Å². The molecule has 1 aliphatic rings. The van der Waals surface area contributed by atoms with Crippen molar-refractivity contribution < 1.29 is 18.5 Å². The Morgan fingerprint density at radius 1 is 1.61 bits per heavy atom. The Morgan fingerprint density at radius 3 is 2.89 bits per heavy atom. The molecule has 1 saturated carbocycles. The molecule has 0 radical (unpaired) electrons. The van der Waals surface area contributed by atoms with Gasteiger partial charge in [-0.3, -0.25) is 4.79 Å². The average molecular weight is 382 g/mol. The van der Waals surface area contributed by atoms with Gasteiger partial charge in [-0.1, -0.05) is 12.1 Å². The normalized spacial score (nSPS) is 16.3. The fourth-order valence-electron chi connectivity index (χ4n) is 2.13. The molecule has 3 nitrogen and oxygen atoms in total. The van der Waals surface area contributed by atoms with Crippen molar-refractivity contribution in [3.8, 4) is 5.75 Å². The second kappa shape index (κ2) is 6.10. The number of carbonyl (C=O) groups is 1. The number of halogens is 2. The van der Waals surface area contributed by atoms with E-state index < -0.39 is 11.8 Å². The first-order chi connectivity index (χ1) is 8.63. The fraction of sp³-hybridized carbons (Fsp3) is 0.417. The lowest BCUT2D eigenvalue weighted by molar-refractivity contribution is -0.137. The molecule has 1 unspecified atom stereocenters. The summed E-state index contributed by atoms with van der Waals surface area (Å²) in [5, 5.41) is 8.93. The zero-order valence-corrected chi connectivity index (χ0v) is 12.4. The Hall–Kier alpha value is -0.500. The lowest BCUT2D eigenvalue weighted by Crippen LogP contribution is -2.10. The first-order valence-corrected chi connectivity index (χ1v) is 8.87. The third kappa shape index (κ3) is 3.28. The molecule has 18 heavy (non-hydrogen) atoms. The van der Waals surface area contributed by atoms with Crippen LogP contribution < -0.4 is 4.18 Å². The number of benzene rings is 1. The minimum absolute atomic E-state index is 0.0254. The van der Waals surface area contributed by atoms with Gasteiger partial charge < -0.3 is 9.29 Å². The summed E-state index contributed by atoms with van der Waals surface area (Å²) in [6.07, 6.45) is 1.93. The van der Waals surface area contributed by atoms with E-state index in [1.165, 1.54) is 0 Å². The Morgan fingerprint density at radius 2 is 2.33 bits per heavy atom. The Bertz CT molecular complexity index is 451. The van der Waals surface area contributed by atoms with Crippen molar-refractivity contribution in [3.63, 3.8) is 0 Å². The molecule has 0 heterocycles. The summed E-state index contributed by atoms with van der Waals surface area (Å²) in [6, 6.07) is 4.92. The van der Waals surface area contributed by atoms with E-state index in [9.17, 15) is 9.18 Å². The number of aliphatic carboxylic acids is 1. The molecule has 0 saturated heterocycles. The van der Waals surface area contributed by atoms with Crippen LogP contribution in [0.4, 0.5) is 4.39 Å². The van der Waals surface area contributed by atoms with Crippen LogP contribution in [-0.4, -0.2) is 11.1 Å². The lowest BCUT2D eigenvalue weighted by atomic mass is 9.90. The fourth-order valence-corrected chi connectivity index (χ4v) is 2.91. The van der Waals surface area contributed by atoms with E-state index in [1.807, 2.05) is 21.2 Å². The van der Waals surface area contributed by atoms with Crippen LogP contribution >= 0.6 is 30.4 Å². The summed E-state index contributed by atoms with van der Waals surface area (Å²) >= 11 is 1.92. The highest BCUT2D eigenvalue weighted by Crippen LogP contribution is 2.46. The van der Waals surface area contributed by atoms with Gasteiger partial charge in [-0.25, -0.2) is 4.39 Å². The van der Waals surface area contributed by atoms with Crippen molar-refractivity contribution >= 4 is 36.4 Å². The number of hydrogen-bond acceptors (Lipinski definition) is 3. The molecule has 2 rings (SSSR count). The predicted molar refractivity (Wildman–Crippen MR) is 76.4 cm³/mol. The largest absolute Gasteiger partial charge is 0.481 e. The van der Waals surface area contributed by atoms with Gasteiger partial charge >= 0.3 is 5.97 Å². The summed E-state index contributed by atoms with van der Waals surface area (Å²) in [5.41, 5.74) is 0.461. The summed E-state index contributed by atoms with van der Waals surface area (Å²) in [5.74, 6) is -1.10. The van der Waals surface area contributed by atoms with Gasteiger partial charge in [0.15, 0.2) is 11.6 Å². The molecule has 0 bridgehead atoms. The van der Waals surface area contributed by atoms with Crippen LogP contribution in [-0.2, 0) is 4.79 Å². The van der Waals surface area contributed by atoms with Gasteiger partial charge in [-0.05, 0) is 30.4 Å². The van der Waals surface area contributed by atoms with Crippen LogP contribution in [0.3, 0.4) is 0 Å². The highest BCUT2D eigenvalue weighted by atomic mass is 127. The molecule has 6 heteroatoms. The van der Waals surface area contributed by atoms with Gasteiger partial charge in [-0.2, -0.15) is 0 Å². The van der Waals surface area contributed by atoms with Crippen molar-refractivity contribution in [3.05, 3.63) is 29.6 Å². The lowest BCUT2D eigenvalue weighted by Gasteiger charge is -2.16. The maximum absolute atomic E-state index is 14.2. The van der Waals surface area contributed by atoms with Gasteiger partial charge in [0, 0.05) is 27.1 Å². The molecular formula is C12H12FIO3S. The van der Waals surface area contributed by atoms with E-state index in [-0.39, 0.29) is 24.0 Å². The Balaban J connectivity index is 2.29. The minimum atomic E-state index is -0.888. The topological polar surface area (TPSA) is 46.5 Å². The molecular weight excluding hydrogens is 370 g/mol. The highest BCUT2D eigenvalue weighted by molar-refractivity contribution is 14.2. The molecule has 0 aliphatic heterocycles. The molecule has 1 N–H and O–H groups in total. The summed E-state index contributed by atoms with van der Waals surface area (Å²) in [7, 11) is 1.04. The van der Waals surface area contributed by atoms with Gasteiger partial charge in [0.1, 0.15) is 9.21 Å². The zero-order valence-electron chi connectivity index (χ0n) is 9.44. The average Bonchev–Trinajstić information content (AvgIpc) is 3.13. The molecule has 1 aliphatic carbocycles. The van der Waals surface area contributed by atoms with Crippen molar-refractivity contribution in [1.29, 1.82) is 0 Å². The third-order valence-electron chi connectivity index (χ3n) is 3.10. The van der Waals surface area contributed by atoms with Crippen LogP contribution in [0.5, 0.6) is 5.75 Å². The maximum Gasteiger partial charge on any atom is 0.303 e. The van der Waals surface area contributed by atoms with Crippen molar-refractivity contribution in [1.82, 2.24) is 0 Å². The molecule has 1 aromatic rings. The number of rotatable bonds is 6. The van der Waals surface area contributed by atoms with E-state index in [4.69, 9.17) is 9.29 Å². The Labute approximate surface area is 121 Å². The van der Waals surface area contributed by atoms with Crippen LogP contribution in [0.25, 0.3) is 0 Å². The second-order valence-corrected chi connectivity index (χ2v) is 5.72. The molecule has 0 amide bonds. The smallest absolute Gasteiger partial charge is 0.303 e. The Kier molecular flexibility index (Phi) is 4.71. The van der Waals surface area contributed by atoms with Crippen LogP contribution in [0.2, 0.25) is 0 Å². The van der Waals surface area contributed by atoms with Crippen molar-refractivity contribution in [2.75, 3.05) is 0 Å². The molecule has 1 aromatic carbocycles. The van der Waals surface area contributed by atoms with Crippen molar-refractivity contribution in [2.45, 2.75) is 25.2 Å². The minimum Gasteiger partial charge on any atom is -0.481 e. The SMILES string of the molecule is O=C(O)CC(c1cccc(OSI)c1F)C1CC1. The van der Waals surface area contributed by atoms with E-state index in [1.54, 1.807) is 18.2 Å². The molecule has 1 atom stereocenters. The van der Waals surface area contributed by atoms with Gasteiger partial charge in [0.05, 0.1) is 6.42 Å². The first kappa shape index (κ1) is 13.9. The third-order valence-corrected chi connectivity index (χ3v) is 3.88. The maximum atomic E-state index is 14.2. The molecule has 0 aromatic heterocycles. The van der Waals surface area contributed by atoms with Crippen LogP contribution in [0.15, 0.2) is 18.2 Å². The number of carboxylic acids is 1. The van der Waals surface area contributed by atoms with Gasteiger partial charge in [-0.15, -0.1) is 0 Å². The van der Waals surface area contributed by atoms with Gasteiger partial charge in [0.25, 0.3) is 0 Å². The van der Waals surface area contributed by atoms with Gasteiger partial charge in [0.2, 0.25) is 0 Å². The number of carboxylic acid groups (broad SMARTS) is 1. The molecule has 1 fully saturated rings. The molecule has 98 valence electrons. The standard InChI is InChI=1S/C12H12FIO3S/c13-12-8(2-1-3-10(12)17-18-14)9(6-11(15)16)7-4-5-7/h1-3,7,9H,4-6H2,(H,15,16). The van der Waals surface area contributed by atoms with E-state index >= 15 is 0 Å². The monoisotopic (exact) mass is 382 g/mol. The highest BCUT2D eigenvalue weighted by Gasteiger charge is 2.35. The summed E-state index contributed by atoms with van der Waals surface area (Å²) in [4.78, 5) is 10.9. The molecule has 0 spiro atoms. The first-order valence-electron chi connectivity index (χ1n) is 5.59. The van der Waals surface area contributed by atoms with E-state index in [2.05, 4.69) is 0 Å². The quantitative estimate of drug-likeness (QED) is 0.593. The number of hydrogen-bond donors (Lipinski definition) is 1. The summed E-state index contributed by atoms with van der Waals surface area (Å²) in [6.45, 7) is 0. The second-order valence-electron chi connectivity index (χ2n) is 4.35.